The number of nitrogens with two attached hydrogens (primary N) is 1. The molecule has 76 valence electrons. The first-order valence-corrected chi connectivity index (χ1v) is 4.06. The number of rotatable bonds is 4. The summed E-state index contributed by atoms with van der Waals surface area (Å²) in [7, 11) is 1.17. The van der Waals surface area contributed by atoms with Crippen LogP contribution in [0.4, 0.5) is 0 Å². The SMILES string of the molecule is CCC(C)OC(=O)C(N)C(=O)OC. The molecule has 0 aliphatic rings. The minimum absolute atomic E-state index is 0.233. The fraction of sp³-hybridized carbons (Fsp3) is 0.750. The molecular weight excluding hydrogens is 174 g/mol. The summed E-state index contributed by atoms with van der Waals surface area (Å²) in [5, 5.41) is 0. The molecule has 0 fully saturated rings. The smallest absolute Gasteiger partial charge is 0.334 e. The van der Waals surface area contributed by atoms with E-state index in [2.05, 4.69) is 4.74 Å². The zero-order valence-corrected chi connectivity index (χ0v) is 8.07. The lowest BCUT2D eigenvalue weighted by atomic mass is 10.3. The molecule has 0 bridgehead atoms. The highest BCUT2D eigenvalue weighted by molar-refractivity contribution is 5.98. The van der Waals surface area contributed by atoms with Gasteiger partial charge < -0.3 is 15.2 Å². The van der Waals surface area contributed by atoms with Crippen molar-refractivity contribution in [3.05, 3.63) is 0 Å². The van der Waals surface area contributed by atoms with Crippen molar-refractivity contribution in [2.24, 2.45) is 5.73 Å². The second-order valence-electron chi connectivity index (χ2n) is 2.66. The zero-order chi connectivity index (χ0) is 10.4. The predicted octanol–water partition coefficient (Wildman–Crippen LogP) is -0.172. The maximum Gasteiger partial charge on any atom is 0.334 e. The van der Waals surface area contributed by atoms with Gasteiger partial charge in [-0.05, 0) is 13.3 Å². The van der Waals surface area contributed by atoms with Crippen molar-refractivity contribution in [1.82, 2.24) is 0 Å². The number of carbonyl (C=O) groups is 2. The van der Waals surface area contributed by atoms with Crippen molar-refractivity contribution >= 4 is 11.9 Å². The van der Waals surface area contributed by atoms with Gasteiger partial charge in [0.25, 0.3) is 0 Å². The monoisotopic (exact) mass is 189 g/mol. The molecule has 0 aromatic carbocycles. The maximum absolute atomic E-state index is 11.1. The van der Waals surface area contributed by atoms with E-state index < -0.39 is 18.0 Å². The van der Waals surface area contributed by atoms with Crippen molar-refractivity contribution in [3.63, 3.8) is 0 Å². The highest BCUT2D eigenvalue weighted by Crippen LogP contribution is 1.98. The average Bonchev–Trinajstić information content (AvgIpc) is 2.14. The number of ether oxygens (including phenoxy) is 2. The van der Waals surface area contributed by atoms with Crippen LogP contribution in [0.3, 0.4) is 0 Å². The topological polar surface area (TPSA) is 78.6 Å². The first-order valence-electron chi connectivity index (χ1n) is 4.06. The number of carbonyl (C=O) groups excluding carboxylic acids is 2. The van der Waals surface area contributed by atoms with E-state index in [1.54, 1.807) is 6.92 Å². The molecule has 13 heavy (non-hydrogen) atoms. The third kappa shape index (κ3) is 3.89. The molecule has 2 N–H and O–H groups in total. The summed E-state index contributed by atoms with van der Waals surface area (Å²) in [4.78, 5) is 21.8. The quantitative estimate of drug-likeness (QED) is 0.490. The number of esters is 2. The van der Waals surface area contributed by atoms with Crippen LogP contribution in [0.1, 0.15) is 20.3 Å². The molecule has 0 saturated heterocycles. The van der Waals surface area contributed by atoms with Gasteiger partial charge in [-0.2, -0.15) is 0 Å². The van der Waals surface area contributed by atoms with Gasteiger partial charge in [0.05, 0.1) is 13.2 Å². The Morgan fingerprint density at radius 3 is 2.31 bits per heavy atom. The molecule has 5 nitrogen and oxygen atoms in total. The molecule has 0 amide bonds. The van der Waals surface area contributed by atoms with Gasteiger partial charge in [-0.15, -0.1) is 0 Å². The molecule has 0 radical (unpaired) electrons. The van der Waals surface area contributed by atoms with Gasteiger partial charge in [0.15, 0.2) is 0 Å². The van der Waals surface area contributed by atoms with Gasteiger partial charge in [-0.3, -0.25) is 0 Å². The van der Waals surface area contributed by atoms with E-state index in [4.69, 9.17) is 10.5 Å². The van der Waals surface area contributed by atoms with Crippen LogP contribution >= 0.6 is 0 Å². The van der Waals surface area contributed by atoms with Gasteiger partial charge in [0.1, 0.15) is 0 Å². The Balaban J connectivity index is 4.03. The molecule has 0 heterocycles. The lowest BCUT2D eigenvalue weighted by molar-refractivity contribution is -0.158. The first-order chi connectivity index (χ1) is 6.02. The number of hydrogen-bond acceptors (Lipinski definition) is 5. The van der Waals surface area contributed by atoms with Crippen LogP contribution in [-0.4, -0.2) is 31.2 Å². The van der Waals surface area contributed by atoms with Crippen LogP contribution in [0.5, 0.6) is 0 Å². The largest absolute Gasteiger partial charge is 0.467 e. The lowest BCUT2D eigenvalue weighted by Gasteiger charge is -2.13. The fourth-order valence-corrected chi connectivity index (χ4v) is 0.578. The molecule has 0 saturated carbocycles. The summed E-state index contributed by atoms with van der Waals surface area (Å²) in [6.07, 6.45) is 0.447. The van der Waals surface area contributed by atoms with E-state index >= 15 is 0 Å². The summed E-state index contributed by atoms with van der Waals surface area (Å²) in [6, 6.07) is -1.33. The van der Waals surface area contributed by atoms with Crippen LogP contribution in [0.25, 0.3) is 0 Å². The maximum atomic E-state index is 11.1. The Morgan fingerprint density at radius 1 is 1.38 bits per heavy atom. The number of hydrogen-bond donors (Lipinski definition) is 1. The highest BCUT2D eigenvalue weighted by atomic mass is 16.6. The van der Waals surface area contributed by atoms with E-state index in [9.17, 15) is 9.59 Å². The van der Waals surface area contributed by atoms with E-state index in [1.165, 1.54) is 7.11 Å². The normalized spacial score (nSPS) is 14.5. The Labute approximate surface area is 77.2 Å². The summed E-state index contributed by atoms with van der Waals surface area (Å²) in [6.45, 7) is 3.59. The van der Waals surface area contributed by atoms with E-state index in [0.29, 0.717) is 6.42 Å². The molecule has 0 rings (SSSR count). The van der Waals surface area contributed by atoms with E-state index in [1.807, 2.05) is 6.92 Å². The summed E-state index contributed by atoms with van der Waals surface area (Å²) < 4.78 is 9.10. The molecular formula is C8H15NO4. The Hall–Kier alpha value is -1.10. The van der Waals surface area contributed by atoms with Gasteiger partial charge in [-0.1, -0.05) is 6.92 Å². The Morgan fingerprint density at radius 2 is 1.92 bits per heavy atom. The minimum Gasteiger partial charge on any atom is -0.467 e. The van der Waals surface area contributed by atoms with Gasteiger partial charge in [-0.25, -0.2) is 9.59 Å². The molecule has 0 spiro atoms. The van der Waals surface area contributed by atoms with Crippen molar-refractivity contribution in [1.29, 1.82) is 0 Å². The molecule has 0 aliphatic heterocycles. The Bertz CT molecular complexity index is 193. The molecule has 5 heteroatoms. The van der Waals surface area contributed by atoms with E-state index in [0.717, 1.165) is 0 Å². The van der Waals surface area contributed by atoms with Crippen LogP contribution < -0.4 is 5.73 Å². The van der Waals surface area contributed by atoms with Crippen molar-refractivity contribution in [2.45, 2.75) is 32.4 Å². The van der Waals surface area contributed by atoms with Crippen molar-refractivity contribution < 1.29 is 19.1 Å². The standard InChI is InChI=1S/C8H15NO4/c1-4-5(2)13-8(11)6(9)7(10)12-3/h5-6H,4,9H2,1-3H3. The average molecular weight is 189 g/mol. The van der Waals surface area contributed by atoms with Gasteiger partial charge in [0, 0.05) is 0 Å². The van der Waals surface area contributed by atoms with Crippen molar-refractivity contribution in [2.75, 3.05) is 7.11 Å². The summed E-state index contributed by atoms with van der Waals surface area (Å²) >= 11 is 0. The second kappa shape index (κ2) is 5.53. The highest BCUT2D eigenvalue weighted by Gasteiger charge is 2.25. The van der Waals surface area contributed by atoms with Crippen molar-refractivity contribution in [3.8, 4) is 0 Å². The molecule has 2 unspecified atom stereocenters. The molecule has 0 aliphatic carbocycles. The van der Waals surface area contributed by atoms with E-state index in [-0.39, 0.29) is 6.10 Å². The van der Waals surface area contributed by atoms with Gasteiger partial charge in [0.2, 0.25) is 6.04 Å². The van der Waals surface area contributed by atoms with Crippen LogP contribution in [0.15, 0.2) is 0 Å². The molecule has 0 aromatic heterocycles. The first kappa shape index (κ1) is 11.9. The fourth-order valence-electron chi connectivity index (χ4n) is 0.578. The summed E-state index contributed by atoms with van der Waals surface area (Å²) in [5.41, 5.74) is 5.23. The second-order valence-corrected chi connectivity index (χ2v) is 2.66. The molecule has 0 aromatic rings. The third-order valence-electron chi connectivity index (χ3n) is 1.60. The zero-order valence-electron chi connectivity index (χ0n) is 8.07. The Kier molecular flexibility index (Phi) is 5.06. The van der Waals surface area contributed by atoms with Crippen LogP contribution in [-0.2, 0) is 19.1 Å². The van der Waals surface area contributed by atoms with Crippen LogP contribution in [0.2, 0.25) is 0 Å². The van der Waals surface area contributed by atoms with Crippen LogP contribution in [0, 0.1) is 0 Å². The molecule has 2 atom stereocenters. The third-order valence-corrected chi connectivity index (χ3v) is 1.60. The minimum atomic E-state index is -1.33. The summed E-state index contributed by atoms with van der Waals surface area (Å²) in [5.74, 6) is -1.53. The van der Waals surface area contributed by atoms with Gasteiger partial charge >= 0.3 is 11.9 Å². The number of methoxy groups -OCH3 is 1. The lowest BCUT2D eigenvalue weighted by Crippen LogP contribution is -2.41. The predicted molar refractivity (Wildman–Crippen MR) is 45.8 cm³/mol.